The summed E-state index contributed by atoms with van der Waals surface area (Å²) in [5.74, 6) is 0.879. The summed E-state index contributed by atoms with van der Waals surface area (Å²) in [7, 11) is 1.57. The van der Waals surface area contributed by atoms with Gasteiger partial charge in [0, 0.05) is 23.5 Å². The number of amides is 1. The van der Waals surface area contributed by atoms with Crippen molar-refractivity contribution in [3.63, 3.8) is 0 Å². The molecule has 0 atom stereocenters. The SMILES string of the molecule is COc1ccc(Br)c(C(=O)N2CCC(C(N)=NO)CC2)c1. The van der Waals surface area contributed by atoms with Crippen molar-refractivity contribution < 1.29 is 14.7 Å². The van der Waals surface area contributed by atoms with Crippen molar-refractivity contribution in [1.82, 2.24) is 4.90 Å². The number of piperidine rings is 1. The molecule has 0 aliphatic carbocycles. The number of hydrogen-bond donors (Lipinski definition) is 2. The Bertz CT molecular complexity index is 554. The van der Waals surface area contributed by atoms with E-state index in [2.05, 4.69) is 21.1 Å². The number of rotatable bonds is 3. The number of halogens is 1. The smallest absolute Gasteiger partial charge is 0.255 e. The fourth-order valence-corrected chi connectivity index (χ4v) is 2.84. The van der Waals surface area contributed by atoms with Gasteiger partial charge in [0.25, 0.3) is 5.91 Å². The molecule has 114 valence electrons. The van der Waals surface area contributed by atoms with E-state index >= 15 is 0 Å². The first kappa shape index (κ1) is 15.6. The number of carbonyl (C=O) groups is 1. The highest BCUT2D eigenvalue weighted by atomic mass is 79.9. The monoisotopic (exact) mass is 355 g/mol. The molecule has 2 rings (SSSR count). The quantitative estimate of drug-likeness (QED) is 0.376. The van der Waals surface area contributed by atoms with Crippen molar-refractivity contribution in [2.45, 2.75) is 12.8 Å². The van der Waals surface area contributed by atoms with Gasteiger partial charge < -0.3 is 20.6 Å². The van der Waals surface area contributed by atoms with Crippen LogP contribution in [0.5, 0.6) is 5.75 Å². The van der Waals surface area contributed by atoms with E-state index in [9.17, 15) is 4.79 Å². The van der Waals surface area contributed by atoms with E-state index in [1.54, 1.807) is 30.2 Å². The molecule has 0 aromatic heterocycles. The normalized spacial score (nSPS) is 16.9. The average Bonchev–Trinajstić information content (AvgIpc) is 2.54. The van der Waals surface area contributed by atoms with Crippen LogP contribution in [-0.4, -0.2) is 42.0 Å². The topological polar surface area (TPSA) is 88.2 Å². The van der Waals surface area contributed by atoms with Crippen molar-refractivity contribution in [2.24, 2.45) is 16.8 Å². The second kappa shape index (κ2) is 6.80. The van der Waals surface area contributed by atoms with Crippen LogP contribution in [-0.2, 0) is 0 Å². The Kier molecular flexibility index (Phi) is 5.06. The number of carbonyl (C=O) groups excluding carboxylic acids is 1. The summed E-state index contributed by atoms with van der Waals surface area (Å²) in [6.45, 7) is 1.17. The molecule has 1 heterocycles. The van der Waals surface area contributed by atoms with Crippen LogP contribution in [0, 0.1) is 5.92 Å². The lowest BCUT2D eigenvalue weighted by atomic mass is 9.95. The third kappa shape index (κ3) is 3.47. The van der Waals surface area contributed by atoms with Gasteiger partial charge in [0.1, 0.15) is 11.6 Å². The minimum absolute atomic E-state index is 0.0350. The highest BCUT2D eigenvalue weighted by Gasteiger charge is 2.27. The van der Waals surface area contributed by atoms with Gasteiger partial charge >= 0.3 is 0 Å². The summed E-state index contributed by atoms with van der Waals surface area (Å²) in [5, 5.41) is 11.7. The van der Waals surface area contributed by atoms with Crippen LogP contribution in [0.1, 0.15) is 23.2 Å². The van der Waals surface area contributed by atoms with Crippen LogP contribution in [0.25, 0.3) is 0 Å². The number of hydrogen-bond acceptors (Lipinski definition) is 4. The maximum Gasteiger partial charge on any atom is 0.255 e. The number of ether oxygens (including phenoxy) is 1. The molecule has 6 nitrogen and oxygen atoms in total. The zero-order chi connectivity index (χ0) is 15.4. The van der Waals surface area contributed by atoms with Gasteiger partial charge in [-0.1, -0.05) is 5.16 Å². The van der Waals surface area contributed by atoms with Crippen LogP contribution < -0.4 is 10.5 Å². The lowest BCUT2D eigenvalue weighted by Crippen LogP contribution is -2.41. The number of likely N-dealkylation sites (tertiary alicyclic amines) is 1. The molecule has 0 spiro atoms. The molecule has 7 heteroatoms. The van der Waals surface area contributed by atoms with Crippen molar-refractivity contribution in [1.29, 1.82) is 0 Å². The highest BCUT2D eigenvalue weighted by molar-refractivity contribution is 9.10. The van der Waals surface area contributed by atoms with Gasteiger partial charge in [0.05, 0.1) is 12.7 Å². The Labute approximate surface area is 131 Å². The summed E-state index contributed by atoms with van der Waals surface area (Å²) in [4.78, 5) is 14.3. The van der Waals surface area contributed by atoms with E-state index in [4.69, 9.17) is 15.7 Å². The van der Waals surface area contributed by atoms with Gasteiger partial charge in [-0.2, -0.15) is 0 Å². The van der Waals surface area contributed by atoms with Gasteiger partial charge in [-0.05, 0) is 47.0 Å². The molecule has 0 radical (unpaired) electrons. The van der Waals surface area contributed by atoms with Gasteiger partial charge in [0.2, 0.25) is 0 Å². The number of nitrogens with zero attached hydrogens (tertiary/aromatic N) is 2. The van der Waals surface area contributed by atoms with Crippen molar-refractivity contribution in [3.8, 4) is 5.75 Å². The Balaban J connectivity index is 2.08. The largest absolute Gasteiger partial charge is 0.497 e. The first-order valence-electron chi connectivity index (χ1n) is 6.67. The van der Waals surface area contributed by atoms with Gasteiger partial charge in [-0.15, -0.1) is 0 Å². The van der Waals surface area contributed by atoms with E-state index in [0.717, 1.165) is 4.47 Å². The molecule has 1 saturated heterocycles. The summed E-state index contributed by atoms with van der Waals surface area (Å²) < 4.78 is 5.90. The zero-order valence-corrected chi connectivity index (χ0v) is 13.3. The number of benzene rings is 1. The summed E-state index contributed by atoms with van der Waals surface area (Å²) in [6.07, 6.45) is 1.40. The summed E-state index contributed by atoms with van der Waals surface area (Å²) in [6, 6.07) is 5.32. The molecule has 1 fully saturated rings. The molecule has 1 amide bonds. The van der Waals surface area contributed by atoms with E-state index in [-0.39, 0.29) is 17.7 Å². The molecule has 1 aromatic carbocycles. The van der Waals surface area contributed by atoms with E-state index < -0.39 is 0 Å². The minimum atomic E-state index is -0.0428. The molecule has 1 aliphatic rings. The fourth-order valence-electron chi connectivity index (χ4n) is 2.43. The summed E-state index contributed by atoms with van der Waals surface area (Å²) in [5.41, 5.74) is 6.20. The molecule has 0 unspecified atom stereocenters. The molecule has 1 aromatic rings. The van der Waals surface area contributed by atoms with Gasteiger partial charge in [0.15, 0.2) is 0 Å². The minimum Gasteiger partial charge on any atom is -0.497 e. The van der Waals surface area contributed by atoms with Crippen LogP contribution in [0.4, 0.5) is 0 Å². The predicted molar refractivity (Wildman–Crippen MR) is 82.7 cm³/mol. The van der Waals surface area contributed by atoms with Crippen molar-refractivity contribution in [2.75, 3.05) is 20.2 Å². The molecule has 3 N–H and O–H groups in total. The molecule has 0 bridgehead atoms. The molecular weight excluding hydrogens is 338 g/mol. The Morgan fingerprint density at radius 3 is 2.71 bits per heavy atom. The molecule has 0 saturated carbocycles. The summed E-state index contributed by atoms with van der Waals surface area (Å²) >= 11 is 3.40. The van der Waals surface area contributed by atoms with Crippen LogP contribution in [0.15, 0.2) is 27.8 Å². The Hall–Kier alpha value is -1.76. The highest BCUT2D eigenvalue weighted by Crippen LogP contribution is 2.26. The molecule has 1 aliphatic heterocycles. The number of amidine groups is 1. The van der Waals surface area contributed by atoms with Crippen molar-refractivity contribution >= 4 is 27.7 Å². The predicted octanol–water partition coefficient (Wildman–Crippen LogP) is 2.06. The fraction of sp³-hybridized carbons (Fsp3) is 0.429. The number of methoxy groups -OCH3 is 1. The number of nitrogens with two attached hydrogens (primary N) is 1. The Morgan fingerprint density at radius 2 is 2.14 bits per heavy atom. The van der Waals surface area contributed by atoms with E-state index in [1.165, 1.54) is 0 Å². The van der Waals surface area contributed by atoms with Crippen molar-refractivity contribution in [3.05, 3.63) is 28.2 Å². The number of oxime groups is 1. The first-order valence-corrected chi connectivity index (χ1v) is 7.46. The van der Waals surface area contributed by atoms with Gasteiger partial charge in [-0.25, -0.2) is 0 Å². The zero-order valence-electron chi connectivity index (χ0n) is 11.8. The van der Waals surface area contributed by atoms with Gasteiger partial charge in [-0.3, -0.25) is 4.79 Å². The average molecular weight is 356 g/mol. The Morgan fingerprint density at radius 1 is 1.48 bits per heavy atom. The second-order valence-corrected chi connectivity index (χ2v) is 5.79. The second-order valence-electron chi connectivity index (χ2n) is 4.94. The maximum absolute atomic E-state index is 12.6. The third-order valence-corrected chi connectivity index (χ3v) is 4.41. The lowest BCUT2D eigenvalue weighted by molar-refractivity contribution is 0.0707. The molecule has 21 heavy (non-hydrogen) atoms. The standard InChI is InChI=1S/C14H18BrN3O3/c1-21-10-2-3-12(15)11(8-10)14(19)18-6-4-9(5-7-18)13(16)17-20/h2-3,8-9,20H,4-7H2,1H3,(H2,16,17). The van der Waals surface area contributed by atoms with Crippen LogP contribution >= 0.6 is 15.9 Å². The lowest BCUT2D eigenvalue weighted by Gasteiger charge is -2.31. The van der Waals surface area contributed by atoms with Crippen LogP contribution in [0.2, 0.25) is 0 Å². The van der Waals surface area contributed by atoms with E-state index in [0.29, 0.717) is 37.2 Å². The van der Waals surface area contributed by atoms with Crippen LogP contribution in [0.3, 0.4) is 0 Å². The van der Waals surface area contributed by atoms with E-state index in [1.807, 2.05) is 0 Å². The first-order chi connectivity index (χ1) is 10.1. The molecular formula is C14H18BrN3O3. The maximum atomic E-state index is 12.6. The third-order valence-electron chi connectivity index (χ3n) is 3.72.